The topological polar surface area (TPSA) is 55.2 Å². The molecule has 17 heavy (non-hydrogen) atoms. The minimum atomic E-state index is -0.383. The summed E-state index contributed by atoms with van der Waals surface area (Å²) in [6, 6.07) is 5.32. The van der Waals surface area contributed by atoms with Gasteiger partial charge in [-0.2, -0.15) is 11.8 Å². The molecule has 0 atom stereocenters. The van der Waals surface area contributed by atoms with Crippen LogP contribution in [0.3, 0.4) is 0 Å². The fourth-order valence-electron chi connectivity index (χ4n) is 1.80. The zero-order valence-corrected chi connectivity index (χ0v) is 11.6. The Hall–Kier alpha value is -0.750. The number of benzene rings is 1. The van der Waals surface area contributed by atoms with Crippen molar-refractivity contribution in [2.24, 2.45) is 0 Å². The molecular formula is C11H13BrN2O2S. The number of non-ortho nitro benzene ring substituents is 1. The third kappa shape index (κ3) is 3.35. The van der Waals surface area contributed by atoms with Crippen LogP contribution in [0, 0.1) is 10.1 Å². The van der Waals surface area contributed by atoms with Crippen LogP contribution < -0.4 is 5.32 Å². The molecule has 0 unspecified atom stereocenters. The minimum absolute atomic E-state index is 0.113. The van der Waals surface area contributed by atoms with Crippen molar-refractivity contribution in [2.45, 2.75) is 18.9 Å². The first-order valence-corrected chi connectivity index (χ1v) is 7.40. The van der Waals surface area contributed by atoms with E-state index in [1.165, 1.54) is 17.6 Å². The summed E-state index contributed by atoms with van der Waals surface area (Å²) in [7, 11) is 0. The quantitative estimate of drug-likeness (QED) is 0.683. The predicted molar refractivity (Wildman–Crippen MR) is 74.8 cm³/mol. The molecular weight excluding hydrogens is 304 g/mol. The van der Waals surface area contributed by atoms with E-state index < -0.39 is 0 Å². The van der Waals surface area contributed by atoms with Gasteiger partial charge in [0.05, 0.1) is 4.92 Å². The Morgan fingerprint density at radius 2 is 2.12 bits per heavy atom. The Morgan fingerprint density at radius 1 is 1.41 bits per heavy atom. The molecule has 1 saturated heterocycles. The SMILES string of the molecule is O=[N+]([O-])c1ccc(NC2CCSCC2)c(Br)c1. The summed E-state index contributed by atoms with van der Waals surface area (Å²) < 4.78 is 0.755. The molecule has 6 heteroatoms. The third-order valence-electron chi connectivity index (χ3n) is 2.74. The lowest BCUT2D eigenvalue weighted by Gasteiger charge is -2.24. The first-order chi connectivity index (χ1) is 8.16. The number of hydrogen-bond acceptors (Lipinski definition) is 4. The molecule has 0 aromatic heterocycles. The Labute approximate surface area is 112 Å². The fraction of sp³-hybridized carbons (Fsp3) is 0.455. The molecule has 0 radical (unpaired) electrons. The maximum Gasteiger partial charge on any atom is 0.270 e. The van der Waals surface area contributed by atoms with Gasteiger partial charge >= 0.3 is 0 Å². The summed E-state index contributed by atoms with van der Waals surface area (Å²) in [4.78, 5) is 10.2. The number of nitro groups is 1. The van der Waals surface area contributed by atoms with Gasteiger partial charge in [-0.15, -0.1) is 0 Å². The lowest BCUT2D eigenvalue weighted by Crippen LogP contribution is -2.24. The lowest BCUT2D eigenvalue weighted by molar-refractivity contribution is -0.384. The molecule has 2 rings (SSSR count). The van der Waals surface area contributed by atoms with Gasteiger partial charge < -0.3 is 5.32 Å². The molecule has 1 N–H and O–H groups in total. The van der Waals surface area contributed by atoms with Gasteiger partial charge in [0.25, 0.3) is 5.69 Å². The van der Waals surface area contributed by atoms with Crippen LogP contribution in [0.15, 0.2) is 22.7 Å². The standard InChI is InChI=1S/C11H13BrN2O2S/c12-10-7-9(14(15)16)1-2-11(10)13-8-3-5-17-6-4-8/h1-2,7-8,13H,3-6H2. The van der Waals surface area contributed by atoms with Crippen molar-refractivity contribution in [1.29, 1.82) is 0 Å². The number of rotatable bonds is 3. The van der Waals surface area contributed by atoms with Crippen molar-refractivity contribution in [1.82, 2.24) is 0 Å². The lowest BCUT2D eigenvalue weighted by atomic mass is 10.1. The monoisotopic (exact) mass is 316 g/mol. The van der Waals surface area contributed by atoms with Gasteiger partial charge in [-0.05, 0) is 46.3 Å². The van der Waals surface area contributed by atoms with Crippen molar-refractivity contribution >= 4 is 39.1 Å². The first kappa shape index (κ1) is 12.7. The van der Waals surface area contributed by atoms with E-state index in [1.54, 1.807) is 12.1 Å². The van der Waals surface area contributed by atoms with Gasteiger partial charge in [0.2, 0.25) is 0 Å². The van der Waals surface area contributed by atoms with E-state index in [0.717, 1.165) is 23.0 Å². The molecule has 4 nitrogen and oxygen atoms in total. The second kappa shape index (κ2) is 5.73. The van der Waals surface area contributed by atoms with Gasteiger partial charge in [0.15, 0.2) is 0 Å². The summed E-state index contributed by atoms with van der Waals surface area (Å²) in [6.07, 6.45) is 2.29. The highest BCUT2D eigenvalue weighted by Crippen LogP contribution is 2.29. The average Bonchev–Trinajstić information content (AvgIpc) is 2.33. The van der Waals surface area contributed by atoms with Crippen molar-refractivity contribution in [3.63, 3.8) is 0 Å². The zero-order valence-electron chi connectivity index (χ0n) is 9.19. The molecule has 1 aromatic rings. The van der Waals surface area contributed by atoms with E-state index in [-0.39, 0.29) is 10.6 Å². The molecule has 0 aliphatic carbocycles. The molecule has 0 bridgehead atoms. The highest BCUT2D eigenvalue weighted by molar-refractivity contribution is 9.10. The van der Waals surface area contributed by atoms with E-state index in [9.17, 15) is 10.1 Å². The number of thioether (sulfide) groups is 1. The summed E-state index contributed by atoms with van der Waals surface area (Å²) in [5, 5.41) is 14.0. The highest BCUT2D eigenvalue weighted by atomic mass is 79.9. The van der Waals surface area contributed by atoms with Gasteiger partial charge in [-0.25, -0.2) is 0 Å². The second-order valence-corrected chi connectivity index (χ2v) is 6.03. The largest absolute Gasteiger partial charge is 0.381 e. The number of halogens is 1. The van der Waals surface area contributed by atoms with E-state index in [4.69, 9.17) is 0 Å². The fourth-order valence-corrected chi connectivity index (χ4v) is 3.38. The van der Waals surface area contributed by atoms with E-state index >= 15 is 0 Å². The molecule has 0 spiro atoms. The molecule has 92 valence electrons. The molecule has 1 aromatic carbocycles. The van der Waals surface area contributed by atoms with Crippen molar-refractivity contribution < 1.29 is 4.92 Å². The van der Waals surface area contributed by atoms with Crippen molar-refractivity contribution in [3.05, 3.63) is 32.8 Å². The number of hydrogen-bond donors (Lipinski definition) is 1. The van der Waals surface area contributed by atoms with Crippen LogP contribution in [0.2, 0.25) is 0 Å². The van der Waals surface area contributed by atoms with Crippen LogP contribution in [0.5, 0.6) is 0 Å². The number of nitro benzene ring substituents is 1. The molecule has 1 aliphatic rings. The molecule has 0 amide bonds. The van der Waals surface area contributed by atoms with Gasteiger partial charge in [-0.3, -0.25) is 10.1 Å². The van der Waals surface area contributed by atoms with Gasteiger partial charge in [0, 0.05) is 28.3 Å². The summed E-state index contributed by atoms with van der Waals surface area (Å²) in [5.74, 6) is 2.37. The molecule has 0 saturated carbocycles. The Kier molecular flexibility index (Phi) is 4.28. The Morgan fingerprint density at radius 3 is 2.71 bits per heavy atom. The number of anilines is 1. The summed E-state index contributed by atoms with van der Waals surface area (Å²) >= 11 is 5.35. The average molecular weight is 317 g/mol. The normalized spacial score (nSPS) is 16.8. The summed E-state index contributed by atoms with van der Waals surface area (Å²) in [6.45, 7) is 0. The van der Waals surface area contributed by atoms with Crippen LogP contribution in [0.1, 0.15) is 12.8 Å². The van der Waals surface area contributed by atoms with Crippen molar-refractivity contribution in [3.8, 4) is 0 Å². The molecule has 1 fully saturated rings. The van der Waals surface area contributed by atoms with Crippen LogP contribution in [0.25, 0.3) is 0 Å². The Bertz CT molecular complexity index is 422. The smallest absolute Gasteiger partial charge is 0.270 e. The number of nitrogens with one attached hydrogen (secondary N) is 1. The third-order valence-corrected chi connectivity index (χ3v) is 4.45. The maximum absolute atomic E-state index is 10.6. The molecule has 1 aliphatic heterocycles. The van der Waals surface area contributed by atoms with Gasteiger partial charge in [0.1, 0.15) is 0 Å². The van der Waals surface area contributed by atoms with Crippen LogP contribution >= 0.6 is 27.7 Å². The van der Waals surface area contributed by atoms with Crippen LogP contribution in [0.4, 0.5) is 11.4 Å². The number of nitrogens with zero attached hydrogens (tertiary/aromatic N) is 1. The Balaban J connectivity index is 2.08. The van der Waals surface area contributed by atoms with Crippen molar-refractivity contribution in [2.75, 3.05) is 16.8 Å². The van der Waals surface area contributed by atoms with E-state index in [0.29, 0.717) is 6.04 Å². The molecule has 1 heterocycles. The van der Waals surface area contributed by atoms with Crippen LogP contribution in [-0.2, 0) is 0 Å². The first-order valence-electron chi connectivity index (χ1n) is 5.45. The van der Waals surface area contributed by atoms with E-state index in [2.05, 4.69) is 21.2 Å². The minimum Gasteiger partial charge on any atom is -0.381 e. The second-order valence-electron chi connectivity index (χ2n) is 3.95. The van der Waals surface area contributed by atoms with E-state index in [1.807, 2.05) is 11.8 Å². The zero-order chi connectivity index (χ0) is 12.3. The van der Waals surface area contributed by atoms with Gasteiger partial charge in [-0.1, -0.05) is 0 Å². The predicted octanol–water partition coefficient (Wildman–Crippen LogP) is 3.66. The van der Waals surface area contributed by atoms with Crippen LogP contribution in [-0.4, -0.2) is 22.5 Å². The summed E-state index contributed by atoms with van der Waals surface area (Å²) in [5.41, 5.74) is 1.05. The highest BCUT2D eigenvalue weighted by Gasteiger charge is 2.15. The maximum atomic E-state index is 10.6.